The number of rotatable bonds is 5. The minimum absolute atomic E-state index is 0.0441. The van der Waals surface area contributed by atoms with Crippen molar-refractivity contribution < 1.29 is 13.2 Å². The highest BCUT2D eigenvalue weighted by atomic mass is 32.2. The number of primary sulfonamides is 1. The number of ether oxygens (including phenoxy) is 1. The first-order valence-corrected chi connectivity index (χ1v) is 11.2. The smallest absolute Gasteiger partial charge is 0.238 e. The minimum atomic E-state index is -3.76. The van der Waals surface area contributed by atoms with E-state index in [9.17, 15) is 8.42 Å². The van der Waals surface area contributed by atoms with E-state index in [1.165, 1.54) is 12.1 Å². The van der Waals surface area contributed by atoms with Gasteiger partial charge in [0.05, 0.1) is 21.9 Å². The fourth-order valence-electron chi connectivity index (χ4n) is 3.77. The van der Waals surface area contributed by atoms with Gasteiger partial charge in [-0.05, 0) is 43.4 Å². The molecule has 0 atom stereocenters. The molecular formula is C20H24N6O3S. The van der Waals surface area contributed by atoms with Gasteiger partial charge in [0.1, 0.15) is 5.82 Å². The lowest BCUT2D eigenvalue weighted by Gasteiger charge is -2.28. The fraction of sp³-hybridized carbons (Fsp3) is 0.350. The van der Waals surface area contributed by atoms with E-state index in [2.05, 4.69) is 15.3 Å². The molecule has 2 heterocycles. The van der Waals surface area contributed by atoms with Gasteiger partial charge in [-0.3, -0.25) is 0 Å². The zero-order valence-electron chi connectivity index (χ0n) is 16.6. The SMILES string of the molecule is CO[C@H]1CC[C@H](Nc2ncc3c(N)ncc(-c4ccc(S(N)(=O)=O)cc4)c3n2)CC1. The molecule has 1 fully saturated rings. The van der Waals surface area contributed by atoms with Crippen LogP contribution in [0, 0.1) is 0 Å². The van der Waals surface area contributed by atoms with E-state index in [1.807, 2.05) is 0 Å². The Labute approximate surface area is 174 Å². The lowest BCUT2D eigenvalue weighted by molar-refractivity contribution is 0.0681. The molecule has 0 saturated heterocycles. The summed E-state index contributed by atoms with van der Waals surface area (Å²) >= 11 is 0. The maximum Gasteiger partial charge on any atom is 0.238 e. The molecule has 0 amide bonds. The number of methoxy groups -OCH3 is 1. The Bertz CT molecular complexity index is 1160. The summed E-state index contributed by atoms with van der Waals surface area (Å²) in [6.45, 7) is 0. The maximum absolute atomic E-state index is 11.5. The molecule has 158 valence electrons. The third-order valence-electron chi connectivity index (χ3n) is 5.49. The van der Waals surface area contributed by atoms with Crippen LogP contribution in [0.2, 0.25) is 0 Å². The van der Waals surface area contributed by atoms with E-state index in [4.69, 9.17) is 20.6 Å². The first-order chi connectivity index (χ1) is 14.3. The van der Waals surface area contributed by atoms with Crippen molar-refractivity contribution in [2.45, 2.75) is 42.7 Å². The molecule has 1 aliphatic carbocycles. The molecule has 30 heavy (non-hydrogen) atoms. The molecule has 1 aromatic carbocycles. The summed E-state index contributed by atoms with van der Waals surface area (Å²) in [7, 11) is -2.01. The van der Waals surface area contributed by atoms with Gasteiger partial charge in [-0.1, -0.05) is 12.1 Å². The molecule has 4 rings (SSSR count). The molecular weight excluding hydrogens is 404 g/mol. The van der Waals surface area contributed by atoms with Crippen molar-refractivity contribution in [1.29, 1.82) is 0 Å². The van der Waals surface area contributed by atoms with Gasteiger partial charge >= 0.3 is 0 Å². The first-order valence-electron chi connectivity index (χ1n) is 9.69. The topological polar surface area (TPSA) is 146 Å². The average Bonchev–Trinajstić information content (AvgIpc) is 2.74. The number of nitrogens with zero attached hydrogens (tertiary/aromatic N) is 3. The van der Waals surface area contributed by atoms with Gasteiger partial charge in [-0.2, -0.15) is 0 Å². The summed E-state index contributed by atoms with van der Waals surface area (Å²) in [4.78, 5) is 13.4. The van der Waals surface area contributed by atoms with Crippen molar-refractivity contribution in [2.24, 2.45) is 5.14 Å². The number of anilines is 2. The number of nitrogen functional groups attached to an aromatic ring is 1. The van der Waals surface area contributed by atoms with Crippen LogP contribution >= 0.6 is 0 Å². The molecule has 2 aromatic heterocycles. The number of aromatic nitrogens is 3. The average molecular weight is 429 g/mol. The molecule has 5 N–H and O–H groups in total. The summed E-state index contributed by atoms with van der Waals surface area (Å²) in [5, 5.41) is 9.23. The van der Waals surface area contributed by atoms with Crippen molar-refractivity contribution in [3.8, 4) is 11.1 Å². The van der Waals surface area contributed by atoms with E-state index in [0.717, 1.165) is 36.8 Å². The fourth-order valence-corrected chi connectivity index (χ4v) is 4.29. The number of hydrogen-bond acceptors (Lipinski definition) is 8. The molecule has 0 bridgehead atoms. The molecule has 0 aliphatic heterocycles. The molecule has 0 unspecified atom stereocenters. The number of nitrogens with two attached hydrogens (primary N) is 2. The van der Waals surface area contributed by atoms with Crippen molar-refractivity contribution in [2.75, 3.05) is 18.2 Å². The zero-order chi connectivity index (χ0) is 21.3. The standard InChI is InChI=1S/C20H24N6O3S/c1-29-14-6-4-13(5-7-14)25-20-24-11-17-18(26-20)16(10-23-19(17)21)12-2-8-15(9-3-12)30(22,27)28/h2-3,8-11,13-14H,4-7H2,1H3,(H2,21,23)(H2,22,27,28)(H,24,25,26)/t13-,14-. The molecule has 3 aromatic rings. The highest BCUT2D eigenvalue weighted by molar-refractivity contribution is 7.89. The van der Waals surface area contributed by atoms with Crippen LogP contribution in [0.3, 0.4) is 0 Å². The summed E-state index contributed by atoms with van der Waals surface area (Å²) < 4.78 is 28.5. The predicted molar refractivity (Wildman–Crippen MR) is 115 cm³/mol. The monoisotopic (exact) mass is 428 g/mol. The highest BCUT2D eigenvalue weighted by Gasteiger charge is 2.21. The van der Waals surface area contributed by atoms with Gasteiger partial charge in [-0.25, -0.2) is 28.5 Å². The molecule has 1 aliphatic rings. The quantitative estimate of drug-likeness (QED) is 0.561. The van der Waals surface area contributed by atoms with E-state index in [1.54, 1.807) is 31.6 Å². The molecule has 0 spiro atoms. The second-order valence-electron chi connectivity index (χ2n) is 7.44. The zero-order valence-corrected chi connectivity index (χ0v) is 17.4. The number of pyridine rings is 1. The normalized spacial score (nSPS) is 19.7. The van der Waals surface area contributed by atoms with Crippen molar-refractivity contribution in [3.63, 3.8) is 0 Å². The molecule has 9 nitrogen and oxygen atoms in total. The Morgan fingerprint density at radius 3 is 2.40 bits per heavy atom. The second kappa shape index (κ2) is 8.13. The van der Waals surface area contributed by atoms with Gasteiger partial charge in [-0.15, -0.1) is 0 Å². The van der Waals surface area contributed by atoms with Gasteiger partial charge in [0.15, 0.2) is 0 Å². The maximum atomic E-state index is 11.5. The Hall–Kier alpha value is -2.82. The summed E-state index contributed by atoms with van der Waals surface area (Å²) in [5.74, 6) is 0.860. The van der Waals surface area contributed by atoms with E-state index >= 15 is 0 Å². The Balaban J connectivity index is 1.67. The van der Waals surface area contributed by atoms with Crippen molar-refractivity contribution in [1.82, 2.24) is 15.0 Å². The minimum Gasteiger partial charge on any atom is -0.383 e. The summed E-state index contributed by atoms with van der Waals surface area (Å²) in [6.07, 6.45) is 7.58. The lowest BCUT2D eigenvalue weighted by Crippen LogP contribution is -2.29. The first kappa shape index (κ1) is 20.5. The number of sulfonamides is 1. The largest absolute Gasteiger partial charge is 0.383 e. The van der Waals surface area contributed by atoms with Crippen molar-refractivity contribution >= 4 is 32.7 Å². The third-order valence-corrected chi connectivity index (χ3v) is 6.42. The van der Waals surface area contributed by atoms with E-state index < -0.39 is 10.0 Å². The van der Waals surface area contributed by atoms with Crippen molar-refractivity contribution in [3.05, 3.63) is 36.7 Å². The van der Waals surface area contributed by atoms with Gasteiger partial charge in [0.2, 0.25) is 16.0 Å². The lowest BCUT2D eigenvalue weighted by atomic mass is 9.93. The van der Waals surface area contributed by atoms with Crippen LogP contribution in [0.5, 0.6) is 0 Å². The van der Waals surface area contributed by atoms with Gasteiger partial charge in [0.25, 0.3) is 0 Å². The number of nitrogens with one attached hydrogen (secondary N) is 1. The Kier molecular flexibility index (Phi) is 5.54. The van der Waals surface area contributed by atoms with Gasteiger partial charge in [0, 0.05) is 31.1 Å². The van der Waals surface area contributed by atoms with Crippen LogP contribution in [-0.2, 0) is 14.8 Å². The van der Waals surface area contributed by atoms with Crippen LogP contribution < -0.4 is 16.2 Å². The van der Waals surface area contributed by atoms with Crippen LogP contribution in [-0.4, -0.2) is 42.6 Å². The van der Waals surface area contributed by atoms with Gasteiger partial charge < -0.3 is 15.8 Å². The summed E-state index contributed by atoms with van der Waals surface area (Å²) in [5.41, 5.74) is 8.16. The predicted octanol–water partition coefficient (Wildman–Crippen LogP) is 2.29. The molecule has 10 heteroatoms. The van der Waals surface area contributed by atoms with E-state index in [0.29, 0.717) is 28.8 Å². The molecule has 1 saturated carbocycles. The van der Waals surface area contributed by atoms with Crippen LogP contribution in [0.1, 0.15) is 25.7 Å². The van der Waals surface area contributed by atoms with Crippen LogP contribution in [0.25, 0.3) is 22.0 Å². The third kappa shape index (κ3) is 4.20. The number of fused-ring (bicyclic) bond motifs is 1. The molecule has 0 radical (unpaired) electrons. The number of hydrogen-bond donors (Lipinski definition) is 3. The summed E-state index contributed by atoms with van der Waals surface area (Å²) in [6, 6.07) is 6.55. The highest BCUT2D eigenvalue weighted by Crippen LogP contribution is 2.31. The number of benzene rings is 1. The van der Waals surface area contributed by atoms with E-state index in [-0.39, 0.29) is 10.9 Å². The second-order valence-corrected chi connectivity index (χ2v) is 9.00. The van der Waals surface area contributed by atoms with Crippen LogP contribution in [0.15, 0.2) is 41.6 Å². The Morgan fingerprint density at radius 2 is 1.77 bits per heavy atom. The van der Waals surface area contributed by atoms with Crippen LogP contribution in [0.4, 0.5) is 11.8 Å². The Morgan fingerprint density at radius 1 is 1.07 bits per heavy atom.